The topological polar surface area (TPSA) is 127 Å². The Kier molecular flexibility index (Phi) is 5.38. The Morgan fingerprint density at radius 2 is 1.80 bits per heavy atom. The molecule has 0 radical (unpaired) electrons. The molecule has 5 atom stereocenters. The molecule has 0 aliphatic carbocycles. The third-order valence-corrected chi connectivity index (χ3v) is 3.18. The van der Waals surface area contributed by atoms with Crippen LogP contribution in [-0.2, 0) is 11.3 Å². The minimum absolute atomic E-state index is 0.451. The van der Waals surface area contributed by atoms with Crippen LogP contribution in [0.15, 0.2) is 24.5 Å². The van der Waals surface area contributed by atoms with Crippen LogP contribution < -0.4 is 10.9 Å². The van der Waals surface area contributed by atoms with Crippen molar-refractivity contribution in [1.29, 1.82) is 0 Å². The van der Waals surface area contributed by atoms with E-state index in [1.54, 1.807) is 12.4 Å². The summed E-state index contributed by atoms with van der Waals surface area (Å²) in [5.41, 5.74) is 6.52. The van der Waals surface area contributed by atoms with E-state index in [0.29, 0.717) is 6.54 Å². The van der Waals surface area contributed by atoms with Crippen LogP contribution in [0.25, 0.3) is 0 Å². The summed E-state index contributed by atoms with van der Waals surface area (Å²) in [4.78, 5) is 3.89. The maximum atomic E-state index is 9.79. The Hall–Kier alpha value is -1.13. The molecule has 8 nitrogen and oxygen atoms in total. The molecule has 112 valence electrons. The first-order valence-electron chi connectivity index (χ1n) is 6.31. The largest absolute Gasteiger partial charge is 0.394 e. The van der Waals surface area contributed by atoms with Gasteiger partial charge in [0, 0.05) is 18.9 Å². The molecule has 6 N–H and O–H groups in total. The Labute approximate surface area is 116 Å². The van der Waals surface area contributed by atoms with E-state index in [0.717, 1.165) is 5.56 Å². The number of nitrogens with zero attached hydrogens (tertiary/aromatic N) is 1. The quantitative estimate of drug-likeness (QED) is 0.327. The van der Waals surface area contributed by atoms with Crippen molar-refractivity contribution in [3.05, 3.63) is 30.1 Å². The molecule has 0 saturated carbocycles. The van der Waals surface area contributed by atoms with E-state index in [4.69, 9.17) is 9.84 Å². The number of ether oxygens (including phenoxy) is 1. The number of hydrogen-bond acceptors (Lipinski definition) is 8. The van der Waals surface area contributed by atoms with E-state index in [1.165, 1.54) is 0 Å². The number of aromatic nitrogens is 1. The van der Waals surface area contributed by atoms with E-state index in [-0.39, 0.29) is 0 Å². The molecule has 1 aromatic heterocycles. The van der Waals surface area contributed by atoms with Crippen molar-refractivity contribution in [2.75, 3.05) is 6.61 Å². The molecule has 1 aromatic rings. The van der Waals surface area contributed by atoms with Gasteiger partial charge in [-0.25, -0.2) is 5.43 Å². The average Bonchev–Trinajstić information content (AvgIpc) is 2.48. The number of rotatable bonds is 5. The number of hydrogen-bond donors (Lipinski definition) is 6. The zero-order valence-electron chi connectivity index (χ0n) is 10.8. The molecule has 8 heteroatoms. The van der Waals surface area contributed by atoms with Crippen LogP contribution in [0.5, 0.6) is 0 Å². The Morgan fingerprint density at radius 3 is 2.45 bits per heavy atom. The van der Waals surface area contributed by atoms with Crippen LogP contribution in [-0.4, -0.2) is 62.7 Å². The summed E-state index contributed by atoms with van der Waals surface area (Å²) in [5, 5.41) is 38.1. The summed E-state index contributed by atoms with van der Waals surface area (Å²) in [5.74, 6) is 0. The van der Waals surface area contributed by atoms with Crippen molar-refractivity contribution in [3.63, 3.8) is 0 Å². The monoisotopic (exact) mass is 285 g/mol. The summed E-state index contributed by atoms with van der Waals surface area (Å²) in [6.07, 6.45) is -2.59. The number of nitrogens with one attached hydrogen (secondary N) is 2. The van der Waals surface area contributed by atoms with Crippen molar-refractivity contribution in [1.82, 2.24) is 15.8 Å². The predicted octanol–water partition coefficient (Wildman–Crippen LogP) is -2.52. The molecule has 2 rings (SSSR count). The molecule has 0 aromatic carbocycles. The van der Waals surface area contributed by atoms with E-state index in [1.807, 2.05) is 12.1 Å². The number of aliphatic hydroxyl groups is 4. The van der Waals surface area contributed by atoms with Gasteiger partial charge in [-0.05, 0) is 17.7 Å². The van der Waals surface area contributed by atoms with Gasteiger partial charge in [-0.3, -0.25) is 10.4 Å². The zero-order chi connectivity index (χ0) is 14.5. The van der Waals surface area contributed by atoms with Gasteiger partial charge in [-0.15, -0.1) is 0 Å². The third kappa shape index (κ3) is 3.49. The van der Waals surface area contributed by atoms with Gasteiger partial charge in [0.2, 0.25) is 0 Å². The first-order valence-corrected chi connectivity index (χ1v) is 6.31. The van der Waals surface area contributed by atoms with Crippen LogP contribution in [0.4, 0.5) is 0 Å². The van der Waals surface area contributed by atoms with Crippen LogP contribution in [0.2, 0.25) is 0 Å². The molecule has 0 amide bonds. The zero-order valence-corrected chi connectivity index (χ0v) is 10.8. The van der Waals surface area contributed by atoms with Crippen molar-refractivity contribution in [2.45, 2.75) is 37.2 Å². The first kappa shape index (κ1) is 15.3. The number of pyridine rings is 1. The summed E-state index contributed by atoms with van der Waals surface area (Å²) in [6, 6.07) is 3.64. The van der Waals surface area contributed by atoms with Gasteiger partial charge in [0.05, 0.1) is 6.61 Å². The molecule has 1 fully saturated rings. The number of aliphatic hydroxyl groups excluding tert-OH is 4. The predicted molar refractivity (Wildman–Crippen MR) is 68.0 cm³/mol. The second-order valence-electron chi connectivity index (χ2n) is 4.60. The molecular weight excluding hydrogens is 266 g/mol. The lowest BCUT2D eigenvalue weighted by Crippen LogP contribution is -2.64. The highest BCUT2D eigenvalue weighted by molar-refractivity contribution is 5.08. The Morgan fingerprint density at radius 1 is 1.10 bits per heavy atom. The van der Waals surface area contributed by atoms with Gasteiger partial charge in [-0.2, -0.15) is 0 Å². The minimum atomic E-state index is -1.39. The highest BCUT2D eigenvalue weighted by Crippen LogP contribution is 2.19. The van der Waals surface area contributed by atoms with Gasteiger partial charge in [0.25, 0.3) is 0 Å². The lowest BCUT2D eigenvalue weighted by atomic mass is 9.99. The van der Waals surface area contributed by atoms with Gasteiger partial charge >= 0.3 is 0 Å². The van der Waals surface area contributed by atoms with E-state index in [2.05, 4.69) is 15.8 Å². The maximum Gasteiger partial charge on any atom is 0.149 e. The second kappa shape index (κ2) is 7.04. The highest BCUT2D eigenvalue weighted by atomic mass is 16.6. The molecule has 20 heavy (non-hydrogen) atoms. The average molecular weight is 285 g/mol. The van der Waals surface area contributed by atoms with Crippen LogP contribution in [0, 0.1) is 0 Å². The fourth-order valence-electron chi connectivity index (χ4n) is 1.98. The molecule has 0 spiro atoms. The SMILES string of the molecule is OC[C@H]1OC(NNCc2ccncc2)[C@H](O)[C@@H](O)[C@@H]1O. The smallest absolute Gasteiger partial charge is 0.149 e. The molecule has 1 aliphatic rings. The second-order valence-corrected chi connectivity index (χ2v) is 4.60. The van der Waals surface area contributed by atoms with Crippen molar-refractivity contribution >= 4 is 0 Å². The van der Waals surface area contributed by atoms with Gasteiger partial charge in [0.1, 0.15) is 30.6 Å². The highest BCUT2D eigenvalue weighted by Gasteiger charge is 2.43. The Balaban J connectivity index is 1.85. The van der Waals surface area contributed by atoms with E-state index >= 15 is 0 Å². The van der Waals surface area contributed by atoms with Gasteiger partial charge in [-0.1, -0.05) is 0 Å². The molecule has 1 saturated heterocycles. The first-order chi connectivity index (χ1) is 9.63. The summed E-state index contributed by atoms with van der Waals surface area (Å²) in [7, 11) is 0. The summed E-state index contributed by atoms with van der Waals surface area (Å²) < 4.78 is 5.27. The fraction of sp³-hybridized carbons (Fsp3) is 0.583. The standard InChI is InChI=1S/C12H19N3O5/c16-6-8-9(17)10(18)11(19)12(20-8)15-14-5-7-1-3-13-4-2-7/h1-4,8-12,14-19H,5-6H2/t8-,9-,10+,11-,12?/m1/s1. The van der Waals surface area contributed by atoms with Gasteiger partial charge < -0.3 is 25.2 Å². The summed E-state index contributed by atoms with van der Waals surface area (Å²) in [6.45, 7) is 0.00498. The van der Waals surface area contributed by atoms with Crippen LogP contribution in [0.3, 0.4) is 0 Å². The number of hydrazine groups is 1. The third-order valence-electron chi connectivity index (χ3n) is 3.18. The normalized spacial score (nSPS) is 34.1. The van der Waals surface area contributed by atoms with E-state index in [9.17, 15) is 15.3 Å². The lowest BCUT2D eigenvalue weighted by Gasteiger charge is -2.40. The molecule has 1 aliphatic heterocycles. The molecule has 1 unspecified atom stereocenters. The lowest BCUT2D eigenvalue weighted by molar-refractivity contribution is -0.239. The van der Waals surface area contributed by atoms with Crippen molar-refractivity contribution in [2.24, 2.45) is 0 Å². The van der Waals surface area contributed by atoms with Crippen LogP contribution >= 0.6 is 0 Å². The summed E-state index contributed by atoms with van der Waals surface area (Å²) >= 11 is 0. The molecular formula is C12H19N3O5. The van der Waals surface area contributed by atoms with Crippen molar-refractivity contribution in [3.8, 4) is 0 Å². The van der Waals surface area contributed by atoms with Gasteiger partial charge in [0.15, 0.2) is 0 Å². The minimum Gasteiger partial charge on any atom is -0.394 e. The van der Waals surface area contributed by atoms with E-state index < -0.39 is 37.3 Å². The van der Waals surface area contributed by atoms with Crippen LogP contribution in [0.1, 0.15) is 5.56 Å². The maximum absolute atomic E-state index is 9.79. The molecule has 2 heterocycles. The fourth-order valence-corrected chi connectivity index (χ4v) is 1.98. The van der Waals surface area contributed by atoms with Crippen molar-refractivity contribution < 1.29 is 25.2 Å². The molecule has 0 bridgehead atoms. The Bertz CT molecular complexity index is 405.